The number of fused-ring (bicyclic) bond motifs is 2. The van der Waals surface area contributed by atoms with Crippen molar-refractivity contribution < 1.29 is 23.7 Å². The number of nitrogens with zero attached hydrogens (tertiary/aromatic N) is 1. The predicted molar refractivity (Wildman–Crippen MR) is 97.0 cm³/mol. The minimum absolute atomic E-state index is 0.173. The molecule has 2 heterocycles. The van der Waals surface area contributed by atoms with Gasteiger partial charge in [0.1, 0.15) is 0 Å². The maximum atomic E-state index is 12.9. The summed E-state index contributed by atoms with van der Waals surface area (Å²) >= 11 is 0. The van der Waals surface area contributed by atoms with Gasteiger partial charge in [0.25, 0.3) is 0 Å². The van der Waals surface area contributed by atoms with Crippen LogP contribution in [0.4, 0.5) is 0 Å². The molecule has 1 amide bonds. The van der Waals surface area contributed by atoms with Crippen LogP contribution in [0.15, 0.2) is 36.4 Å². The lowest BCUT2D eigenvalue weighted by Crippen LogP contribution is -2.32. The SMILES string of the molecule is O=C(CCc1ccc2c(c1)OCO2)N(Cc1cccc2c1OCO2)C1CC1. The quantitative estimate of drug-likeness (QED) is 0.784. The second-order valence-corrected chi connectivity index (χ2v) is 7.09. The number of para-hydroxylation sites is 1. The van der Waals surface area contributed by atoms with Crippen molar-refractivity contribution in [1.29, 1.82) is 0 Å². The first-order valence-electron chi connectivity index (χ1n) is 9.33. The van der Waals surface area contributed by atoms with E-state index in [4.69, 9.17) is 18.9 Å². The number of aryl methyl sites for hydroxylation is 1. The van der Waals surface area contributed by atoms with Crippen molar-refractivity contribution >= 4 is 5.91 Å². The van der Waals surface area contributed by atoms with E-state index in [9.17, 15) is 4.79 Å². The molecule has 3 aliphatic rings. The van der Waals surface area contributed by atoms with Gasteiger partial charge in [-0.1, -0.05) is 18.2 Å². The van der Waals surface area contributed by atoms with E-state index < -0.39 is 0 Å². The minimum atomic E-state index is 0.173. The minimum Gasteiger partial charge on any atom is -0.454 e. The topological polar surface area (TPSA) is 57.2 Å². The molecule has 0 aromatic heterocycles. The number of amides is 1. The zero-order chi connectivity index (χ0) is 18.2. The Hall–Kier alpha value is -2.89. The van der Waals surface area contributed by atoms with Gasteiger partial charge in [0, 0.05) is 24.6 Å². The summed E-state index contributed by atoms with van der Waals surface area (Å²) < 4.78 is 21.8. The first kappa shape index (κ1) is 16.3. The van der Waals surface area contributed by atoms with Crippen LogP contribution >= 0.6 is 0 Å². The second kappa shape index (κ2) is 6.68. The molecule has 0 saturated heterocycles. The van der Waals surface area contributed by atoms with Crippen LogP contribution in [0.2, 0.25) is 0 Å². The third-order valence-electron chi connectivity index (χ3n) is 5.19. The van der Waals surface area contributed by atoms with Crippen LogP contribution in [0.5, 0.6) is 23.0 Å². The molecule has 0 spiro atoms. The lowest BCUT2D eigenvalue weighted by atomic mass is 10.1. The highest BCUT2D eigenvalue weighted by Gasteiger charge is 2.33. The van der Waals surface area contributed by atoms with Crippen LogP contribution in [-0.4, -0.2) is 30.4 Å². The summed E-state index contributed by atoms with van der Waals surface area (Å²) in [5.41, 5.74) is 2.09. The Morgan fingerprint density at radius 2 is 1.78 bits per heavy atom. The second-order valence-electron chi connectivity index (χ2n) is 7.09. The lowest BCUT2D eigenvalue weighted by Gasteiger charge is -2.23. The molecule has 1 fully saturated rings. The first-order valence-corrected chi connectivity index (χ1v) is 9.33. The molecular weight excluding hydrogens is 346 g/mol. The Morgan fingerprint density at radius 3 is 2.67 bits per heavy atom. The molecular formula is C21H21NO5. The van der Waals surface area contributed by atoms with Gasteiger partial charge in [0.15, 0.2) is 23.0 Å². The summed E-state index contributed by atoms with van der Waals surface area (Å²) in [6.45, 7) is 1.07. The zero-order valence-corrected chi connectivity index (χ0v) is 15.0. The molecule has 0 unspecified atom stereocenters. The average Bonchev–Trinajstić information content (AvgIpc) is 3.21. The number of ether oxygens (including phenoxy) is 4. The molecule has 0 bridgehead atoms. The summed E-state index contributed by atoms with van der Waals surface area (Å²) in [6, 6.07) is 12.1. The third kappa shape index (κ3) is 3.27. The molecule has 6 nitrogen and oxygen atoms in total. The van der Waals surface area contributed by atoms with Gasteiger partial charge in [-0.05, 0) is 43.0 Å². The first-order chi connectivity index (χ1) is 13.3. The zero-order valence-electron chi connectivity index (χ0n) is 15.0. The Balaban J connectivity index is 1.27. The van der Waals surface area contributed by atoms with E-state index in [1.54, 1.807) is 0 Å². The molecule has 1 aliphatic carbocycles. The standard InChI is InChI=1S/C21H21NO5/c23-20(9-5-14-4-8-17-19(10-14)26-12-24-17)22(16-6-7-16)11-15-2-1-3-18-21(15)27-13-25-18/h1-4,8,10,16H,5-7,9,11-13H2. The monoisotopic (exact) mass is 367 g/mol. The number of carbonyl (C=O) groups excluding carboxylic acids is 1. The van der Waals surface area contributed by atoms with Crippen molar-refractivity contribution in [2.75, 3.05) is 13.6 Å². The molecule has 140 valence electrons. The summed E-state index contributed by atoms with van der Waals surface area (Å²) in [5, 5.41) is 0. The van der Waals surface area contributed by atoms with Crippen molar-refractivity contribution in [3.63, 3.8) is 0 Å². The molecule has 0 atom stereocenters. The van der Waals surface area contributed by atoms with Crippen molar-refractivity contribution in [3.05, 3.63) is 47.5 Å². The van der Waals surface area contributed by atoms with E-state index in [0.29, 0.717) is 25.4 Å². The Bertz CT molecular complexity index is 877. The predicted octanol–water partition coefficient (Wildman–Crippen LogP) is 3.27. The molecule has 2 aliphatic heterocycles. The van der Waals surface area contributed by atoms with Gasteiger partial charge < -0.3 is 23.8 Å². The van der Waals surface area contributed by atoms with E-state index in [1.807, 2.05) is 41.3 Å². The maximum Gasteiger partial charge on any atom is 0.231 e. The maximum absolute atomic E-state index is 12.9. The Kier molecular flexibility index (Phi) is 4.03. The summed E-state index contributed by atoms with van der Waals surface area (Å²) in [7, 11) is 0. The van der Waals surface area contributed by atoms with Crippen LogP contribution in [0.3, 0.4) is 0 Å². The number of carbonyl (C=O) groups is 1. The highest BCUT2D eigenvalue weighted by atomic mass is 16.7. The molecule has 0 N–H and O–H groups in total. The summed E-state index contributed by atoms with van der Waals surface area (Å²) in [6.07, 6.45) is 3.30. The van der Waals surface area contributed by atoms with Gasteiger partial charge >= 0.3 is 0 Å². The summed E-state index contributed by atoms with van der Waals surface area (Å²) in [4.78, 5) is 14.9. The van der Waals surface area contributed by atoms with Gasteiger partial charge in [0.05, 0.1) is 0 Å². The van der Waals surface area contributed by atoms with Crippen LogP contribution < -0.4 is 18.9 Å². The normalized spacial score (nSPS) is 16.4. The van der Waals surface area contributed by atoms with E-state index in [-0.39, 0.29) is 19.5 Å². The van der Waals surface area contributed by atoms with Gasteiger partial charge in [-0.25, -0.2) is 0 Å². The molecule has 2 aromatic carbocycles. The van der Waals surface area contributed by atoms with Crippen LogP contribution in [0.1, 0.15) is 30.4 Å². The van der Waals surface area contributed by atoms with Crippen molar-refractivity contribution in [1.82, 2.24) is 4.90 Å². The molecule has 1 saturated carbocycles. The largest absolute Gasteiger partial charge is 0.454 e. The highest BCUT2D eigenvalue weighted by molar-refractivity contribution is 5.77. The molecule has 27 heavy (non-hydrogen) atoms. The smallest absolute Gasteiger partial charge is 0.231 e. The van der Waals surface area contributed by atoms with Crippen LogP contribution in [0.25, 0.3) is 0 Å². The molecule has 0 radical (unpaired) electrons. The number of hydrogen-bond donors (Lipinski definition) is 0. The van der Waals surface area contributed by atoms with E-state index in [0.717, 1.165) is 47.0 Å². The number of hydrogen-bond acceptors (Lipinski definition) is 5. The van der Waals surface area contributed by atoms with Gasteiger partial charge in [0.2, 0.25) is 19.5 Å². The Morgan fingerprint density at radius 1 is 0.963 bits per heavy atom. The number of rotatable bonds is 6. The lowest BCUT2D eigenvalue weighted by molar-refractivity contribution is -0.132. The van der Waals surface area contributed by atoms with Crippen molar-refractivity contribution in [3.8, 4) is 23.0 Å². The van der Waals surface area contributed by atoms with E-state index in [2.05, 4.69) is 0 Å². The van der Waals surface area contributed by atoms with Crippen molar-refractivity contribution in [2.24, 2.45) is 0 Å². The fraction of sp³-hybridized carbons (Fsp3) is 0.381. The van der Waals surface area contributed by atoms with Gasteiger partial charge in [-0.15, -0.1) is 0 Å². The molecule has 6 heteroatoms. The van der Waals surface area contributed by atoms with Crippen LogP contribution in [-0.2, 0) is 17.8 Å². The Labute approximate surface area is 157 Å². The average molecular weight is 367 g/mol. The fourth-order valence-electron chi connectivity index (χ4n) is 3.60. The van der Waals surface area contributed by atoms with Crippen molar-refractivity contribution in [2.45, 2.75) is 38.3 Å². The third-order valence-corrected chi connectivity index (χ3v) is 5.19. The molecule has 2 aromatic rings. The highest BCUT2D eigenvalue weighted by Crippen LogP contribution is 2.38. The van der Waals surface area contributed by atoms with Crippen LogP contribution in [0, 0.1) is 0 Å². The fourth-order valence-corrected chi connectivity index (χ4v) is 3.60. The number of benzene rings is 2. The molecule has 5 rings (SSSR count). The van der Waals surface area contributed by atoms with E-state index in [1.165, 1.54) is 0 Å². The summed E-state index contributed by atoms with van der Waals surface area (Å²) in [5.74, 6) is 3.23. The van der Waals surface area contributed by atoms with Gasteiger partial charge in [-0.2, -0.15) is 0 Å². The van der Waals surface area contributed by atoms with E-state index >= 15 is 0 Å². The van der Waals surface area contributed by atoms with Gasteiger partial charge in [-0.3, -0.25) is 4.79 Å².